The maximum atomic E-state index is 2.59. The van der Waals surface area contributed by atoms with E-state index in [-0.39, 0.29) is 12.3 Å². The van der Waals surface area contributed by atoms with Crippen LogP contribution in [-0.4, -0.2) is 12.3 Å². The molecule has 2 aliphatic rings. The van der Waals surface area contributed by atoms with Crippen LogP contribution in [0.1, 0.15) is 0 Å². The molecular formula is C54H38N4. The van der Waals surface area contributed by atoms with Gasteiger partial charge in [0.15, 0.2) is 12.3 Å². The van der Waals surface area contributed by atoms with Gasteiger partial charge >= 0.3 is 0 Å². The van der Waals surface area contributed by atoms with Crippen molar-refractivity contribution in [3.63, 3.8) is 0 Å². The molecule has 0 saturated carbocycles. The Morgan fingerprint density at radius 2 is 0.414 bits per heavy atom. The Morgan fingerprint density at radius 3 is 0.655 bits per heavy atom. The normalized spacial score (nSPS) is 14.3. The molecule has 0 fully saturated rings. The van der Waals surface area contributed by atoms with Gasteiger partial charge in [0.2, 0.25) is 0 Å². The third-order valence-electron chi connectivity index (χ3n) is 12.2. The molecule has 4 heteroatoms. The van der Waals surface area contributed by atoms with Crippen LogP contribution in [0, 0.1) is 0 Å². The Kier molecular flexibility index (Phi) is 7.32. The number of rotatable bonds is 5. The predicted octanol–water partition coefficient (Wildman–Crippen LogP) is 14.2. The van der Waals surface area contributed by atoms with Crippen LogP contribution >= 0.6 is 0 Å². The van der Waals surface area contributed by atoms with Gasteiger partial charge in [-0.15, -0.1) is 0 Å². The van der Waals surface area contributed by atoms with Crippen molar-refractivity contribution in [2.75, 3.05) is 19.6 Å². The quantitative estimate of drug-likeness (QED) is 0.174. The van der Waals surface area contributed by atoms with Crippen molar-refractivity contribution in [3.8, 4) is 0 Å². The van der Waals surface area contributed by atoms with Gasteiger partial charge in [-0.3, -0.25) is 0 Å². The number of para-hydroxylation sites is 4. The zero-order valence-electron chi connectivity index (χ0n) is 31.7. The minimum atomic E-state index is -0.245. The zero-order valence-corrected chi connectivity index (χ0v) is 31.7. The highest BCUT2D eigenvalue weighted by Gasteiger charge is 2.51. The Balaban J connectivity index is 1.17. The van der Waals surface area contributed by atoms with Crippen molar-refractivity contribution in [2.24, 2.45) is 0 Å². The first kappa shape index (κ1) is 32.7. The van der Waals surface area contributed by atoms with E-state index in [4.69, 9.17) is 0 Å². The lowest BCUT2D eigenvalue weighted by atomic mass is 10.1. The highest BCUT2D eigenvalue weighted by atomic mass is 15.5. The van der Waals surface area contributed by atoms with Gasteiger partial charge in [0, 0.05) is 22.7 Å². The molecular weight excluding hydrogens is 705 g/mol. The van der Waals surface area contributed by atoms with Crippen LogP contribution in [0.4, 0.5) is 45.5 Å². The average Bonchev–Trinajstić information content (AvgIpc) is 3.81. The Labute approximate surface area is 337 Å². The van der Waals surface area contributed by atoms with Gasteiger partial charge in [-0.05, 0) is 116 Å². The van der Waals surface area contributed by atoms with Crippen molar-refractivity contribution in [2.45, 2.75) is 12.3 Å². The second kappa shape index (κ2) is 13.0. The van der Waals surface area contributed by atoms with Gasteiger partial charge < -0.3 is 19.6 Å². The van der Waals surface area contributed by atoms with E-state index in [1.807, 2.05) is 0 Å². The fourth-order valence-electron chi connectivity index (χ4n) is 9.55. The first-order chi connectivity index (χ1) is 28.8. The van der Waals surface area contributed by atoms with Crippen molar-refractivity contribution in [3.05, 3.63) is 218 Å². The van der Waals surface area contributed by atoms with E-state index >= 15 is 0 Å². The smallest absolute Gasteiger partial charge is 0.151 e. The van der Waals surface area contributed by atoms with E-state index in [9.17, 15) is 0 Å². The van der Waals surface area contributed by atoms with Crippen molar-refractivity contribution in [1.82, 2.24) is 0 Å². The highest BCUT2D eigenvalue weighted by Crippen LogP contribution is 2.56. The van der Waals surface area contributed by atoms with E-state index in [1.165, 1.54) is 65.8 Å². The van der Waals surface area contributed by atoms with Gasteiger partial charge in [-0.1, -0.05) is 146 Å². The third-order valence-corrected chi connectivity index (χ3v) is 12.2. The maximum absolute atomic E-state index is 2.59. The molecule has 0 N–H and O–H groups in total. The molecule has 0 aromatic heterocycles. The summed E-state index contributed by atoms with van der Waals surface area (Å²) in [5.41, 5.74) is 9.26. The maximum Gasteiger partial charge on any atom is 0.151 e. The molecule has 10 aromatic carbocycles. The predicted molar refractivity (Wildman–Crippen MR) is 245 cm³/mol. The van der Waals surface area contributed by atoms with Crippen LogP contribution in [0.5, 0.6) is 0 Å². The Morgan fingerprint density at radius 1 is 0.207 bits per heavy atom. The molecule has 274 valence electrons. The summed E-state index contributed by atoms with van der Waals surface area (Å²) < 4.78 is 0. The fourth-order valence-corrected chi connectivity index (χ4v) is 9.55. The Bertz CT molecular complexity index is 2780. The summed E-state index contributed by atoms with van der Waals surface area (Å²) in [6.45, 7) is 0. The van der Waals surface area contributed by atoms with Gasteiger partial charge in [0.25, 0.3) is 0 Å². The van der Waals surface area contributed by atoms with Crippen LogP contribution in [0.3, 0.4) is 0 Å². The lowest BCUT2D eigenvalue weighted by Gasteiger charge is -2.44. The molecule has 0 saturated heterocycles. The topological polar surface area (TPSA) is 13.0 Å². The van der Waals surface area contributed by atoms with Crippen LogP contribution < -0.4 is 19.6 Å². The summed E-state index contributed by atoms with van der Waals surface area (Å²) in [6, 6.07) is 80.4. The molecule has 0 radical (unpaired) electrons. The van der Waals surface area contributed by atoms with E-state index in [2.05, 4.69) is 238 Å². The summed E-state index contributed by atoms with van der Waals surface area (Å²) in [6.07, 6.45) is -0.491. The molecule has 10 aromatic rings. The lowest BCUT2D eigenvalue weighted by molar-refractivity contribution is 0.550. The van der Waals surface area contributed by atoms with E-state index in [0.29, 0.717) is 0 Å². The number of hydrogen-bond donors (Lipinski definition) is 0. The van der Waals surface area contributed by atoms with Crippen LogP contribution in [0.2, 0.25) is 0 Å². The van der Waals surface area contributed by atoms with Gasteiger partial charge in [-0.25, -0.2) is 0 Å². The van der Waals surface area contributed by atoms with Crippen molar-refractivity contribution in [1.29, 1.82) is 0 Å². The molecule has 0 aliphatic carbocycles. The summed E-state index contributed by atoms with van der Waals surface area (Å²) in [4.78, 5) is 10.4. The SMILES string of the molecule is c1ccc2c(c1)N(c1ccc3ccccc3c1)C(C1N(c3ccc4ccccc4c3)c3ccccc3N1c1ccc3ccccc3c1)N2c1ccc2ccccc2c1. The van der Waals surface area contributed by atoms with Crippen LogP contribution in [-0.2, 0) is 0 Å². The van der Waals surface area contributed by atoms with Crippen LogP contribution in [0.25, 0.3) is 43.1 Å². The third kappa shape index (κ3) is 5.08. The fraction of sp³-hybridized carbons (Fsp3) is 0.0370. The molecule has 0 amide bonds. The first-order valence-corrected chi connectivity index (χ1v) is 20.1. The number of nitrogens with zero attached hydrogens (tertiary/aromatic N) is 4. The highest BCUT2D eigenvalue weighted by molar-refractivity contribution is 5.99. The second-order valence-corrected chi connectivity index (χ2v) is 15.4. The largest absolute Gasteiger partial charge is 0.314 e. The molecule has 4 nitrogen and oxygen atoms in total. The summed E-state index contributed by atoms with van der Waals surface area (Å²) in [5, 5.41) is 9.77. The molecule has 2 heterocycles. The Hall–Kier alpha value is -7.56. The standard InChI is InChI=1S/C54H38N4/c1-5-17-41-33-45(29-25-37(41)13-1)55-49-21-9-10-22-50(49)56(46-30-26-38-14-2-6-18-42(38)34-46)53(55)54-57(47-31-27-39-15-3-7-19-43(39)35-47)51-23-11-12-24-52(51)58(54)48-32-28-40-16-4-8-20-44(40)36-48/h1-36,53-54H. The molecule has 12 rings (SSSR count). The molecule has 0 spiro atoms. The molecule has 0 atom stereocenters. The second-order valence-electron chi connectivity index (χ2n) is 15.4. The monoisotopic (exact) mass is 742 g/mol. The van der Waals surface area contributed by atoms with Gasteiger partial charge in [0.1, 0.15) is 0 Å². The minimum Gasteiger partial charge on any atom is -0.314 e. The van der Waals surface area contributed by atoms with E-state index in [0.717, 1.165) is 22.7 Å². The number of hydrogen-bond acceptors (Lipinski definition) is 4. The number of fused-ring (bicyclic) bond motifs is 6. The molecule has 0 unspecified atom stereocenters. The molecule has 0 bridgehead atoms. The first-order valence-electron chi connectivity index (χ1n) is 20.1. The molecule has 58 heavy (non-hydrogen) atoms. The lowest BCUT2D eigenvalue weighted by Crippen LogP contribution is -2.58. The zero-order chi connectivity index (χ0) is 38.2. The number of benzene rings is 10. The van der Waals surface area contributed by atoms with E-state index < -0.39 is 0 Å². The van der Waals surface area contributed by atoms with Crippen molar-refractivity contribution >= 4 is 88.6 Å². The van der Waals surface area contributed by atoms with Gasteiger partial charge in [-0.2, -0.15) is 0 Å². The average molecular weight is 743 g/mol. The summed E-state index contributed by atoms with van der Waals surface area (Å²) in [7, 11) is 0. The van der Waals surface area contributed by atoms with E-state index in [1.54, 1.807) is 0 Å². The minimum absolute atomic E-state index is 0.245. The van der Waals surface area contributed by atoms with Gasteiger partial charge in [0.05, 0.1) is 22.7 Å². The van der Waals surface area contributed by atoms with Crippen molar-refractivity contribution < 1.29 is 0 Å². The number of anilines is 8. The summed E-state index contributed by atoms with van der Waals surface area (Å²) in [5.74, 6) is 0. The summed E-state index contributed by atoms with van der Waals surface area (Å²) >= 11 is 0. The molecule has 2 aliphatic heterocycles. The van der Waals surface area contributed by atoms with Crippen LogP contribution in [0.15, 0.2) is 218 Å².